The van der Waals surface area contributed by atoms with E-state index in [-0.39, 0.29) is 0 Å². The Balaban J connectivity index is 2.06. The highest BCUT2D eigenvalue weighted by Crippen LogP contribution is 2.29. The molecule has 0 spiro atoms. The zero-order valence-electron chi connectivity index (χ0n) is 11.4. The van der Waals surface area contributed by atoms with Crippen LogP contribution in [0.25, 0.3) is 0 Å². The normalized spacial score (nSPS) is 18.8. The summed E-state index contributed by atoms with van der Waals surface area (Å²) in [7, 11) is 2.10. The minimum Gasteiger partial charge on any atom is -0.316 e. The summed E-state index contributed by atoms with van der Waals surface area (Å²) in [5.74, 6) is 0.862. The van der Waals surface area contributed by atoms with Gasteiger partial charge in [-0.3, -0.25) is 4.68 Å². The molecule has 96 valence electrons. The van der Waals surface area contributed by atoms with E-state index in [9.17, 15) is 0 Å². The number of nitrogens with zero attached hydrogens (tertiary/aromatic N) is 2. The Bertz CT molecular complexity index is 350. The first-order valence-corrected chi connectivity index (χ1v) is 6.95. The van der Waals surface area contributed by atoms with Crippen LogP contribution in [0.2, 0.25) is 0 Å². The number of rotatable bonds is 5. The summed E-state index contributed by atoms with van der Waals surface area (Å²) in [4.78, 5) is 0. The monoisotopic (exact) mass is 235 g/mol. The summed E-state index contributed by atoms with van der Waals surface area (Å²) in [6, 6.07) is 2.86. The van der Waals surface area contributed by atoms with Gasteiger partial charge in [-0.05, 0) is 45.7 Å². The van der Waals surface area contributed by atoms with Gasteiger partial charge in [-0.2, -0.15) is 5.10 Å². The zero-order chi connectivity index (χ0) is 12.3. The van der Waals surface area contributed by atoms with Crippen LogP contribution < -0.4 is 5.32 Å². The Kier molecular flexibility index (Phi) is 4.21. The molecule has 1 aliphatic rings. The van der Waals surface area contributed by atoms with Gasteiger partial charge < -0.3 is 5.32 Å². The average Bonchev–Trinajstić information content (AvgIpc) is 2.94. The first-order valence-electron chi connectivity index (χ1n) is 6.95. The minimum absolute atomic E-state index is 0.624. The fourth-order valence-corrected chi connectivity index (χ4v) is 3.13. The summed E-state index contributed by atoms with van der Waals surface area (Å²) in [6.07, 6.45) is 6.73. The van der Waals surface area contributed by atoms with Crippen molar-refractivity contribution in [3.8, 4) is 0 Å². The Morgan fingerprint density at radius 1 is 1.47 bits per heavy atom. The van der Waals surface area contributed by atoms with Crippen LogP contribution in [0.15, 0.2) is 6.07 Å². The highest BCUT2D eigenvalue weighted by Gasteiger charge is 2.24. The summed E-state index contributed by atoms with van der Waals surface area (Å²) in [5, 5.41) is 8.04. The summed E-state index contributed by atoms with van der Waals surface area (Å²) >= 11 is 0. The Morgan fingerprint density at radius 2 is 2.18 bits per heavy atom. The molecule has 1 heterocycles. The minimum atomic E-state index is 0.624. The van der Waals surface area contributed by atoms with Crippen molar-refractivity contribution < 1.29 is 0 Å². The van der Waals surface area contributed by atoms with Crippen molar-refractivity contribution in [1.29, 1.82) is 0 Å². The molecule has 17 heavy (non-hydrogen) atoms. The zero-order valence-corrected chi connectivity index (χ0v) is 11.4. The number of hydrogen-bond acceptors (Lipinski definition) is 2. The van der Waals surface area contributed by atoms with E-state index >= 15 is 0 Å². The second-order valence-electron chi connectivity index (χ2n) is 5.24. The van der Waals surface area contributed by atoms with Crippen LogP contribution in [0.5, 0.6) is 0 Å². The maximum Gasteiger partial charge on any atom is 0.0596 e. The van der Waals surface area contributed by atoms with Crippen molar-refractivity contribution in [2.45, 2.75) is 58.5 Å². The molecule has 0 radical (unpaired) electrons. The van der Waals surface area contributed by atoms with Crippen LogP contribution >= 0.6 is 0 Å². The summed E-state index contributed by atoms with van der Waals surface area (Å²) < 4.78 is 2.15. The first-order chi connectivity index (χ1) is 8.24. The molecular weight excluding hydrogens is 210 g/mol. The lowest BCUT2D eigenvalue weighted by atomic mass is 9.94. The van der Waals surface area contributed by atoms with E-state index in [2.05, 4.69) is 42.1 Å². The van der Waals surface area contributed by atoms with Crippen molar-refractivity contribution in [3.05, 3.63) is 17.5 Å². The van der Waals surface area contributed by atoms with Crippen molar-refractivity contribution in [2.24, 2.45) is 5.92 Å². The smallest absolute Gasteiger partial charge is 0.0596 e. The molecule has 1 N–H and O–H groups in total. The molecule has 3 heteroatoms. The second kappa shape index (κ2) is 5.67. The lowest BCUT2D eigenvalue weighted by Gasteiger charge is -2.23. The van der Waals surface area contributed by atoms with Gasteiger partial charge in [0.2, 0.25) is 0 Å². The van der Waals surface area contributed by atoms with E-state index < -0.39 is 0 Å². The molecular formula is C14H25N3. The van der Waals surface area contributed by atoms with E-state index in [0.717, 1.165) is 24.6 Å². The first kappa shape index (κ1) is 12.6. The maximum absolute atomic E-state index is 4.53. The van der Waals surface area contributed by atoms with Gasteiger partial charge in [-0.25, -0.2) is 0 Å². The molecule has 1 fully saturated rings. The van der Waals surface area contributed by atoms with Crippen molar-refractivity contribution in [2.75, 3.05) is 7.05 Å². The van der Waals surface area contributed by atoms with Gasteiger partial charge in [0.25, 0.3) is 0 Å². The SMILES string of the molecule is CCn1nc(C)cc1CC(NC)C1CCCC1. The molecule has 0 saturated heterocycles. The van der Waals surface area contributed by atoms with E-state index in [4.69, 9.17) is 0 Å². The van der Waals surface area contributed by atoms with Crippen LogP contribution in [0.4, 0.5) is 0 Å². The number of nitrogens with one attached hydrogen (secondary N) is 1. The van der Waals surface area contributed by atoms with Crippen molar-refractivity contribution in [3.63, 3.8) is 0 Å². The van der Waals surface area contributed by atoms with Crippen LogP contribution in [0, 0.1) is 12.8 Å². The van der Waals surface area contributed by atoms with Gasteiger partial charge in [0.15, 0.2) is 0 Å². The number of aromatic nitrogens is 2. The number of likely N-dealkylation sites (N-methyl/N-ethyl adjacent to an activating group) is 1. The van der Waals surface area contributed by atoms with Crippen molar-refractivity contribution >= 4 is 0 Å². The highest BCUT2D eigenvalue weighted by atomic mass is 15.3. The Labute approximate surface area is 105 Å². The van der Waals surface area contributed by atoms with Gasteiger partial charge >= 0.3 is 0 Å². The fourth-order valence-electron chi connectivity index (χ4n) is 3.13. The molecule has 1 aromatic rings. The molecule has 0 aliphatic heterocycles. The summed E-state index contributed by atoms with van der Waals surface area (Å²) in [5.41, 5.74) is 2.53. The quantitative estimate of drug-likeness (QED) is 0.850. The molecule has 1 saturated carbocycles. The lowest BCUT2D eigenvalue weighted by molar-refractivity contribution is 0.369. The topological polar surface area (TPSA) is 29.9 Å². The molecule has 3 nitrogen and oxygen atoms in total. The van der Waals surface area contributed by atoms with Gasteiger partial charge in [-0.15, -0.1) is 0 Å². The third-order valence-electron chi connectivity index (χ3n) is 4.05. The van der Waals surface area contributed by atoms with Gasteiger partial charge in [0.05, 0.1) is 5.69 Å². The van der Waals surface area contributed by atoms with Crippen molar-refractivity contribution in [1.82, 2.24) is 15.1 Å². The number of aryl methyl sites for hydroxylation is 2. The van der Waals surface area contributed by atoms with Gasteiger partial charge in [-0.1, -0.05) is 12.8 Å². The number of hydrogen-bond donors (Lipinski definition) is 1. The van der Waals surface area contributed by atoms with Gasteiger partial charge in [0, 0.05) is 24.7 Å². The van der Waals surface area contributed by atoms with Crippen LogP contribution in [0.3, 0.4) is 0 Å². The molecule has 0 bridgehead atoms. The molecule has 1 aliphatic carbocycles. The Morgan fingerprint density at radius 3 is 2.76 bits per heavy atom. The van der Waals surface area contributed by atoms with Crippen LogP contribution in [0.1, 0.15) is 44.0 Å². The third-order valence-corrected chi connectivity index (χ3v) is 4.05. The highest BCUT2D eigenvalue weighted by molar-refractivity contribution is 5.11. The van der Waals surface area contributed by atoms with E-state index in [1.165, 1.54) is 31.4 Å². The molecule has 1 aromatic heterocycles. The fraction of sp³-hybridized carbons (Fsp3) is 0.786. The average molecular weight is 235 g/mol. The van der Waals surface area contributed by atoms with E-state index in [1.54, 1.807) is 0 Å². The third kappa shape index (κ3) is 2.89. The molecule has 0 aromatic carbocycles. The predicted octanol–water partition coefficient (Wildman–Crippen LogP) is 2.53. The standard InChI is InChI=1S/C14H25N3/c1-4-17-13(9-11(2)16-17)10-14(15-3)12-7-5-6-8-12/h9,12,14-15H,4-8,10H2,1-3H3. The molecule has 1 unspecified atom stereocenters. The molecule has 0 amide bonds. The van der Waals surface area contributed by atoms with E-state index in [0.29, 0.717) is 6.04 Å². The Hall–Kier alpha value is -0.830. The van der Waals surface area contributed by atoms with Crippen LogP contribution in [-0.2, 0) is 13.0 Å². The van der Waals surface area contributed by atoms with E-state index in [1.807, 2.05) is 0 Å². The van der Waals surface area contributed by atoms with Gasteiger partial charge in [0.1, 0.15) is 0 Å². The summed E-state index contributed by atoms with van der Waals surface area (Å²) in [6.45, 7) is 5.23. The molecule has 2 rings (SSSR count). The lowest BCUT2D eigenvalue weighted by Crippen LogP contribution is -2.35. The maximum atomic E-state index is 4.53. The largest absolute Gasteiger partial charge is 0.316 e. The molecule has 1 atom stereocenters. The van der Waals surface area contributed by atoms with Crippen LogP contribution in [-0.4, -0.2) is 22.9 Å². The predicted molar refractivity (Wildman–Crippen MR) is 71.1 cm³/mol. The second-order valence-corrected chi connectivity index (χ2v) is 5.24.